The number of carboxylic acids is 2. The lowest BCUT2D eigenvalue weighted by Crippen LogP contribution is -2.60. The lowest BCUT2D eigenvalue weighted by atomic mass is 10.0. The number of carbonyl (C=O) groups excluding carboxylic acids is 5. The molecular formula is C39H53N7O11. The second kappa shape index (κ2) is 21.3. The standard InChI is InChI=1S/C39H53N7O11/c1-20(2)13-26(40)34(51)42-30(17-33(49)50)37(54)43-28(15-22-9-11-24(48)12-10-22)35(52)46-32(19-47)38(55)44-29(36(53)45-31(39(56)57)14-21(3)4)16-23-18-41-27-8-6-5-7-25(23)27/h5-12,18,20-21,26,28-32,41,47-48H,13-17,19,40H2,1-4H3,(H,42,51)(H,43,54)(H,44,55)(H,45,53)(H,46,52)(H,49,50)(H,56,57). The van der Waals surface area contributed by atoms with Gasteiger partial charge < -0.3 is 57.7 Å². The van der Waals surface area contributed by atoms with Gasteiger partial charge in [-0.1, -0.05) is 58.0 Å². The normalized spacial score (nSPS) is 14.5. The number of carboxylic acid groups (broad SMARTS) is 2. The summed E-state index contributed by atoms with van der Waals surface area (Å²) in [4.78, 5) is 94.2. The van der Waals surface area contributed by atoms with Crippen LogP contribution in [0.25, 0.3) is 10.9 Å². The van der Waals surface area contributed by atoms with Crippen LogP contribution in [0.1, 0.15) is 58.1 Å². The van der Waals surface area contributed by atoms with E-state index in [1.165, 1.54) is 24.3 Å². The van der Waals surface area contributed by atoms with Gasteiger partial charge in [-0.3, -0.25) is 28.8 Å². The molecule has 1 aromatic heterocycles. The smallest absolute Gasteiger partial charge is 0.326 e. The number of para-hydroxylation sites is 1. The van der Waals surface area contributed by atoms with Crippen LogP contribution in [0.4, 0.5) is 0 Å². The van der Waals surface area contributed by atoms with E-state index in [0.29, 0.717) is 11.1 Å². The fourth-order valence-corrected chi connectivity index (χ4v) is 6.06. The zero-order valence-electron chi connectivity index (χ0n) is 32.3. The molecule has 1 heterocycles. The van der Waals surface area contributed by atoms with E-state index in [1.54, 1.807) is 44.3 Å². The molecule has 0 bridgehead atoms. The second-order valence-corrected chi connectivity index (χ2v) is 14.7. The topological polar surface area (TPSA) is 302 Å². The maximum absolute atomic E-state index is 13.8. The van der Waals surface area contributed by atoms with Crippen molar-refractivity contribution in [3.05, 3.63) is 65.9 Å². The van der Waals surface area contributed by atoms with Gasteiger partial charge in [0.2, 0.25) is 29.5 Å². The van der Waals surface area contributed by atoms with Crippen LogP contribution >= 0.6 is 0 Å². The minimum Gasteiger partial charge on any atom is -0.508 e. The van der Waals surface area contributed by atoms with Gasteiger partial charge in [0.25, 0.3) is 0 Å². The number of carbonyl (C=O) groups is 7. The van der Waals surface area contributed by atoms with E-state index >= 15 is 0 Å². The van der Waals surface area contributed by atoms with Gasteiger partial charge in [0, 0.05) is 29.9 Å². The number of hydrogen-bond donors (Lipinski definition) is 11. The Morgan fingerprint density at radius 1 is 0.649 bits per heavy atom. The number of H-pyrrole nitrogens is 1. The lowest BCUT2D eigenvalue weighted by molar-refractivity contribution is -0.143. The summed E-state index contributed by atoms with van der Waals surface area (Å²) in [6, 6.07) is 4.14. The molecule has 5 amide bonds. The molecule has 18 heteroatoms. The first-order valence-electron chi connectivity index (χ1n) is 18.5. The molecule has 12 N–H and O–H groups in total. The van der Waals surface area contributed by atoms with Crippen LogP contribution in [-0.4, -0.2) is 110 Å². The summed E-state index contributed by atoms with van der Waals surface area (Å²) < 4.78 is 0. The Labute approximate surface area is 329 Å². The number of aromatic amines is 1. The number of nitrogens with two attached hydrogens (primary N) is 1. The number of phenolic OH excluding ortho intramolecular Hbond substituents is 1. The average Bonchev–Trinajstić information content (AvgIpc) is 3.55. The maximum atomic E-state index is 13.8. The number of nitrogens with one attached hydrogen (secondary N) is 6. The minimum atomic E-state index is -1.70. The third kappa shape index (κ3) is 14.2. The largest absolute Gasteiger partial charge is 0.508 e. The first kappa shape index (κ1) is 45.4. The number of aliphatic hydroxyl groups excluding tert-OH is 1. The van der Waals surface area contributed by atoms with E-state index in [9.17, 15) is 54.0 Å². The molecule has 0 spiro atoms. The third-order valence-corrected chi connectivity index (χ3v) is 8.95. The number of hydrogen-bond acceptors (Lipinski definition) is 10. The van der Waals surface area contributed by atoms with Crippen LogP contribution in [-0.2, 0) is 46.4 Å². The molecule has 18 nitrogen and oxygen atoms in total. The average molecular weight is 796 g/mol. The predicted octanol–water partition coefficient (Wildman–Crippen LogP) is 0.0538. The highest BCUT2D eigenvalue weighted by atomic mass is 16.4. The van der Waals surface area contributed by atoms with Crippen molar-refractivity contribution >= 4 is 52.4 Å². The predicted molar refractivity (Wildman–Crippen MR) is 207 cm³/mol. The second-order valence-electron chi connectivity index (χ2n) is 14.7. The molecule has 57 heavy (non-hydrogen) atoms. The number of fused-ring (bicyclic) bond motifs is 1. The van der Waals surface area contributed by atoms with Gasteiger partial charge in [-0.25, -0.2) is 4.79 Å². The van der Waals surface area contributed by atoms with Gasteiger partial charge in [0.15, 0.2) is 0 Å². The van der Waals surface area contributed by atoms with E-state index in [1.807, 2.05) is 13.8 Å². The summed E-state index contributed by atoms with van der Waals surface area (Å²) >= 11 is 0. The number of rotatable bonds is 22. The number of aromatic hydroxyl groups is 1. The highest BCUT2D eigenvalue weighted by Gasteiger charge is 2.34. The summed E-state index contributed by atoms with van der Waals surface area (Å²) in [5.74, 6) is -7.60. The molecule has 0 aliphatic carbocycles. The zero-order chi connectivity index (χ0) is 42.4. The number of aliphatic hydroxyl groups is 1. The Hall–Kier alpha value is -6.01. The van der Waals surface area contributed by atoms with Gasteiger partial charge in [-0.05, 0) is 54.0 Å². The SMILES string of the molecule is CC(C)CC(N)C(=O)NC(CC(=O)O)C(=O)NC(Cc1ccc(O)cc1)C(=O)NC(CO)C(=O)NC(Cc1c[nH]c2ccccc12)C(=O)NC(CC(C)C)C(=O)O. The highest BCUT2D eigenvalue weighted by Crippen LogP contribution is 2.20. The minimum absolute atomic E-state index is 0.0114. The van der Waals surface area contributed by atoms with Gasteiger partial charge in [-0.15, -0.1) is 0 Å². The Balaban J connectivity index is 1.89. The molecule has 310 valence electrons. The maximum Gasteiger partial charge on any atom is 0.326 e. The van der Waals surface area contributed by atoms with E-state index in [0.717, 1.165) is 10.9 Å². The van der Waals surface area contributed by atoms with Crippen LogP contribution in [0.2, 0.25) is 0 Å². The zero-order valence-corrected chi connectivity index (χ0v) is 32.3. The fraction of sp³-hybridized carbons (Fsp3) is 0.462. The van der Waals surface area contributed by atoms with Crippen LogP contribution in [0.3, 0.4) is 0 Å². The molecule has 3 aromatic rings. The first-order valence-corrected chi connectivity index (χ1v) is 18.5. The Bertz CT molecular complexity index is 1880. The van der Waals surface area contributed by atoms with Crippen LogP contribution in [0.15, 0.2) is 54.7 Å². The van der Waals surface area contributed by atoms with Gasteiger partial charge in [-0.2, -0.15) is 0 Å². The van der Waals surface area contributed by atoms with Crippen molar-refractivity contribution in [3.63, 3.8) is 0 Å². The third-order valence-electron chi connectivity index (χ3n) is 8.95. The Morgan fingerprint density at radius 2 is 1.16 bits per heavy atom. The molecular weight excluding hydrogens is 742 g/mol. The van der Waals surface area contributed by atoms with Crippen molar-refractivity contribution in [2.75, 3.05) is 6.61 Å². The van der Waals surface area contributed by atoms with E-state index in [-0.39, 0.29) is 43.3 Å². The lowest BCUT2D eigenvalue weighted by Gasteiger charge is -2.26. The number of amides is 5. The molecule has 0 aliphatic rings. The Kier molecular flexibility index (Phi) is 17.0. The van der Waals surface area contributed by atoms with Gasteiger partial charge >= 0.3 is 11.9 Å². The summed E-state index contributed by atoms with van der Waals surface area (Å²) in [5, 5.41) is 52.2. The molecule has 6 atom stereocenters. The quantitative estimate of drug-likeness (QED) is 0.0643. The number of aliphatic carboxylic acids is 2. The number of aromatic nitrogens is 1. The van der Waals surface area contributed by atoms with E-state index in [4.69, 9.17) is 5.73 Å². The molecule has 2 aromatic carbocycles. The van der Waals surface area contributed by atoms with Crippen LogP contribution in [0.5, 0.6) is 5.75 Å². The van der Waals surface area contributed by atoms with Crippen molar-refractivity contribution in [1.82, 2.24) is 31.6 Å². The molecule has 0 radical (unpaired) electrons. The molecule has 0 fully saturated rings. The number of phenols is 1. The first-order chi connectivity index (χ1) is 26.9. The monoisotopic (exact) mass is 795 g/mol. The fourth-order valence-electron chi connectivity index (χ4n) is 6.06. The van der Waals surface area contributed by atoms with Crippen molar-refractivity contribution < 1.29 is 54.0 Å². The van der Waals surface area contributed by atoms with Gasteiger partial charge in [0.05, 0.1) is 19.1 Å². The van der Waals surface area contributed by atoms with Crippen molar-refractivity contribution in [2.45, 2.75) is 96.1 Å². The Morgan fingerprint density at radius 3 is 1.72 bits per heavy atom. The molecule has 3 rings (SSSR count). The molecule has 0 saturated heterocycles. The van der Waals surface area contributed by atoms with Crippen molar-refractivity contribution in [2.24, 2.45) is 17.6 Å². The van der Waals surface area contributed by atoms with Gasteiger partial charge in [0.1, 0.15) is 36.0 Å². The summed E-state index contributed by atoms with van der Waals surface area (Å²) in [7, 11) is 0. The molecule has 0 saturated carbocycles. The molecule has 6 unspecified atom stereocenters. The van der Waals surface area contributed by atoms with E-state index in [2.05, 4.69) is 31.6 Å². The van der Waals surface area contributed by atoms with Crippen molar-refractivity contribution in [3.8, 4) is 5.75 Å². The van der Waals surface area contributed by atoms with E-state index < -0.39 is 90.8 Å². The van der Waals surface area contributed by atoms with Crippen molar-refractivity contribution in [1.29, 1.82) is 0 Å². The molecule has 0 aliphatic heterocycles. The number of benzene rings is 2. The van der Waals surface area contributed by atoms with Crippen LogP contribution in [0, 0.1) is 11.8 Å². The summed E-state index contributed by atoms with van der Waals surface area (Å²) in [6.07, 6.45) is 0.752. The summed E-state index contributed by atoms with van der Waals surface area (Å²) in [6.45, 7) is 6.23. The summed E-state index contributed by atoms with van der Waals surface area (Å²) in [5.41, 5.74) is 7.71. The highest BCUT2D eigenvalue weighted by molar-refractivity contribution is 5.97. The van der Waals surface area contributed by atoms with Crippen LogP contribution < -0.4 is 32.3 Å².